The summed E-state index contributed by atoms with van der Waals surface area (Å²) in [5.41, 5.74) is 2.63. The summed E-state index contributed by atoms with van der Waals surface area (Å²) in [6, 6.07) is 7.92. The van der Waals surface area contributed by atoms with E-state index in [4.69, 9.17) is 4.42 Å². The number of hydrogen-bond donors (Lipinski definition) is 1. The molecule has 24 heavy (non-hydrogen) atoms. The van der Waals surface area contributed by atoms with Crippen molar-refractivity contribution in [3.05, 3.63) is 41.3 Å². The van der Waals surface area contributed by atoms with E-state index in [1.807, 2.05) is 45.0 Å². The summed E-state index contributed by atoms with van der Waals surface area (Å²) in [6.45, 7) is 7.72. The molecule has 0 saturated carbocycles. The lowest BCUT2D eigenvalue weighted by molar-refractivity contribution is -0.119. The number of amides is 1. The van der Waals surface area contributed by atoms with Gasteiger partial charge in [0.05, 0.1) is 11.4 Å². The highest BCUT2D eigenvalue weighted by atomic mass is 32.2. The first-order chi connectivity index (χ1) is 11.4. The van der Waals surface area contributed by atoms with Crippen LogP contribution >= 0.6 is 0 Å². The third-order valence-electron chi connectivity index (χ3n) is 3.88. The molecular weight excluding hydrogens is 324 g/mol. The lowest BCUT2D eigenvalue weighted by atomic mass is 10.1. The molecule has 2 atom stereocenters. The van der Waals surface area contributed by atoms with Crippen molar-refractivity contribution in [2.45, 2.75) is 45.9 Å². The zero-order valence-corrected chi connectivity index (χ0v) is 15.4. The molecule has 0 aliphatic rings. The third-order valence-corrected chi connectivity index (χ3v) is 5.06. The van der Waals surface area contributed by atoms with Crippen LogP contribution in [-0.2, 0) is 21.3 Å². The predicted octanol–water partition coefficient (Wildman–Crippen LogP) is 3.12. The van der Waals surface area contributed by atoms with E-state index in [2.05, 4.69) is 10.3 Å². The Kier molecular flexibility index (Phi) is 6.31. The quantitative estimate of drug-likeness (QED) is 0.834. The van der Waals surface area contributed by atoms with Crippen LogP contribution in [0.4, 0.5) is 0 Å². The van der Waals surface area contributed by atoms with E-state index in [-0.39, 0.29) is 23.5 Å². The van der Waals surface area contributed by atoms with Gasteiger partial charge < -0.3 is 9.73 Å². The molecule has 0 bridgehead atoms. The van der Waals surface area contributed by atoms with Crippen LogP contribution in [0.25, 0.3) is 11.5 Å². The van der Waals surface area contributed by atoms with E-state index in [1.165, 1.54) is 0 Å². The molecule has 0 aliphatic heterocycles. The molecule has 1 aromatic carbocycles. The minimum atomic E-state index is -1.31. The van der Waals surface area contributed by atoms with E-state index < -0.39 is 10.8 Å². The molecular formula is C18H24N2O3S. The molecule has 5 nitrogen and oxygen atoms in total. The van der Waals surface area contributed by atoms with Gasteiger partial charge in [-0.25, -0.2) is 4.98 Å². The Bertz CT molecular complexity index is 740. The highest BCUT2D eigenvalue weighted by molar-refractivity contribution is 7.84. The van der Waals surface area contributed by atoms with Crippen LogP contribution in [0.3, 0.4) is 0 Å². The maximum atomic E-state index is 12.2. The number of benzene rings is 1. The minimum Gasteiger partial charge on any atom is -0.441 e. The van der Waals surface area contributed by atoms with Gasteiger partial charge in [-0.2, -0.15) is 0 Å². The second-order valence-electron chi connectivity index (χ2n) is 5.94. The molecule has 0 aliphatic carbocycles. The van der Waals surface area contributed by atoms with E-state index in [9.17, 15) is 9.00 Å². The van der Waals surface area contributed by atoms with E-state index in [0.29, 0.717) is 17.3 Å². The van der Waals surface area contributed by atoms with Gasteiger partial charge in [-0.15, -0.1) is 0 Å². The molecule has 0 spiro atoms. The number of carbonyl (C=O) groups excluding carboxylic acids is 1. The molecule has 0 saturated heterocycles. The minimum absolute atomic E-state index is 0.0175. The Balaban J connectivity index is 2.04. The van der Waals surface area contributed by atoms with Crippen LogP contribution in [0.2, 0.25) is 0 Å². The van der Waals surface area contributed by atoms with E-state index in [1.54, 1.807) is 6.92 Å². The van der Waals surface area contributed by atoms with Crippen molar-refractivity contribution in [1.82, 2.24) is 10.3 Å². The Labute approximate surface area is 145 Å². The van der Waals surface area contributed by atoms with Crippen LogP contribution in [0.5, 0.6) is 0 Å². The summed E-state index contributed by atoms with van der Waals surface area (Å²) < 4.78 is 17.9. The highest BCUT2D eigenvalue weighted by Crippen LogP contribution is 2.25. The largest absolute Gasteiger partial charge is 0.441 e. The predicted molar refractivity (Wildman–Crippen MR) is 96.0 cm³/mol. The lowest BCUT2D eigenvalue weighted by Gasteiger charge is -2.10. The first-order valence-corrected chi connectivity index (χ1v) is 9.56. The van der Waals surface area contributed by atoms with Crippen molar-refractivity contribution in [2.75, 3.05) is 5.75 Å². The van der Waals surface area contributed by atoms with Gasteiger partial charge in [-0.05, 0) is 38.8 Å². The standard InChI is InChI=1S/C18H24N2O3S/c1-5-13(3)19-17(21)11-24(22)10-16-14(4)23-18(20-16)15-9-7-6-8-12(15)2/h6-9,13H,5,10-11H2,1-4H3,(H,19,21)/t13-,24-/m0/s1. The monoisotopic (exact) mass is 348 g/mol. The van der Waals surface area contributed by atoms with Crippen molar-refractivity contribution in [3.63, 3.8) is 0 Å². The number of nitrogens with one attached hydrogen (secondary N) is 1. The van der Waals surface area contributed by atoms with Gasteiger partial charge in [0.15, 0.2) is 0 Å². The molecule has 2 aromatic rings. The number of nitrogens with zero attached hydrogens (tertiary/aromatic N) is 1. The number of hydrogen-bond acceptors (Lipinski definition) is 4. The number of oxazole rings is 1. The third kappa shape index (κ3) is 4.77. The second-order valence-corrected chi connectivity index (χ2v) is 7.40. The molecule has 6 heteroatoms. The van der Waals surface area contributed by atoms with Gasteiger partial charge in [-0.3, -0.25) is 9.00 Å². The van der Waals surface area contributed by atoms with Gasteiger partial charge in [0.2, 0.25) is 11.8 Å². The van der Waals surface area contributed by atoms with Crippen molar-refractivity contribution in [3.8, 4) is 11.5 Å². The van der Waals surface area contributed by atoms with Crippen molar-refractivity contribution < 1.29 is 13.4 Å². The van der Waals surface area contributed by atoms with Crippen LogP contribution in [-0.4, -0.2) is 26.9 Å². The summed E-state index contributed by atoms with van der Waals surface area (Å²) in [4.78, 5) is 16.3. The Morgan fingerprint density at radius 1 is 1.33 bits per heavy atom. The number of rotatable bonds is 7. The number of carbonyl (C=O) groups is 1. The SMILES string of the molecule is CC[C@H](C)NC(=O)C[S@@](=O)Cc1nc(-c2ccccc2C)oc1C. The lowest BCUT2D eigenvalue weighted by Crippen LogP contribution is -2.35. The molecule has 1 aromatic heterocycles. The van der Waals surface area contributed by atoms with E-state index >= 15 is 0 Å². The second kappa shape index (κ2) is 8.24. The maximum absolute atomic E-state index is 12.2. The topological polar surface area (TPSA) is 72.2 Å². The smallest absolute Gasteiger partial charge is 0.232 e. The highest BCUT2D eigenvalue weighted by Gasteiger charge is 2.17. The first kappa shape index (κ1) is 18.4. The van der Waals surface area contributed by atoms with Gasteiger partial charge in [0.25, 0.3) is 0 Å². The fraction of sp³-hybridized carbons (Fsp3) is 0.444. The summed E-state index contributed by atoms with van der Waals surface area (Å²) in [7, 11) is -1.31. The average molecular weight is 348 g/mol. The summed E-state index contributed by atoms with van der Waals surface area (Å²) in [5, 5.41) is 2.82. The van der Waals surface area contributed by atoms with Crippen molar-refractivity contribution in [1.29, 1.82) is 0 Å². The van der Waals surface area contributed by atoms with E-state index in [0.717, 1.165) is 17.5 Å². The molecule has 1 heterocycles. The average Bonchev–Trinajstić information content (AvgIpc) is 2.87. The van der Waals surface area contributed by atoms with Crippen LogP contribution in [0.15, 0.2) is 28.7 Å². The normalized spacial score (nSPS) is 13.5. The molecule has 0 unspecified atom stereocenters. The summed E-state index contributed by atoms with van der Waals surface area (Å²) in [6.07, 6.45) is 0.848. The molecule has 0 radical (unpaired) electrons. The fourth-order valence-electron chi connectivity index (χ4n) is 2.26. The van der Waals surface area contributed by atoms with Crippen molar-refractivity contribution in [2.24, 2.45) is 0 Å². The molecule has 2 rings (SSSR count). The molecule has 1 amide bonds. The van der Waals surface area contributed by atoms with Crippen molar-refractivity contribution >= 4 is 16.7 Å². The maximum Gasteiger partial charge on any atom is 0.232 e. The fourth-order valence-corrected chi connectivity index (χ4v) is 3.31. The van der Waals surface area contributed by atoms with Gasteiger partial charge in [0, 0.05) is 22.4 Å². The van der Waals surface area contributed by atoms with Gasteiger partial charge in [0.1, 0.15) is 11.5 Å². The van der Waals surface area contributed by atoms with Gasteiger partial charge in [-0.1, -0.05) is 25.1 Å². The summed E-state index contributed by atoms with van der Waals surface area (Å²) >= 11 is 0. The van der Waals surface area contributed by atoms with Crippen LogP contribution in [0, 0.1) is 13.8 Å². The summed E-state index contributed by atoms with van der Waals surface area (Å²) in [5.74, 6) is 1.18. The van der Waals surface area contributed by atoms with Crippen LogP contribution < -0.4 is 5.32 Å². The Hall–Kier alpha value is -1.95. The Morgan fingerprint density at radius 2 is 2.04 bits per heavy atom. The zero-order valence-electron chi connectivity index (χ0n) is 14.6. The first-order valence-electron chi connectivity index (χ1n) is 8.07. The molecule has 130 valence electrons. The van der Waals surface area contributed by atoms with Crippen LogP contribution in [0.1, 0.15) is 37.3 Å². The van der Waals surface area contributed by atoms with Gasteiger partial charge >= 0.3 is 0 Å². The number of aromatic nitrogens is 1. The molecule has 0 fully saturated rings. The zero-order chi connectivity index (χ0) is 17.7. The molecule has 1 N–H and O–H groups in total. The Morgan fingerprint density at radius 3 is 2.71 bits per heavy atom. The number of aryl methyl sites for hydroxylation is 2.